The topological polar surface area (TPSA) is 71.3 Å². The van der Waals surface area contributed by atoms with E-state index in [4.69, 9.17) is 4.42 Å². The Bertz CT molecular complexity index is 807. The summed E-state index contributed by atoms with van der Waals surface area (Å²) in [6, 6.07) is 10.7. The maximum Gasteiger partial charge on any atom is 0.251 e. The smallest absolute Gasteiger partial charge is 0.251 e. The Labute approximate surface area is 147 Å². The number of nitrogens with one attached hydrogen (secondary N) is 2. The lowest BCUT2D eigenvalue weighted by Gasteiger charge is -2.05. The number of hydrogen-bond acceptors (Lipinski definition) is 3. The van der Waals surface area contributed by atoms with Crippen molar-refractivity contribution in [2.75, 3.05) is 11.9 Å². The first-order valence-electron chi connectivity index (χ1n) is 8.54. The molecule has 1 aromatic carbocycles. The van der Waals surface area contributed by atoms with Crippen LogP contribution in [0, 0.1) is 5.92 Å². The Morgan fingerprint density at radius 2 is 2.08 bits per heavy atom. The maximum absolute atomic E-state index is 12.1. The summed E-state index contributed by atoms with van der Waals surface area (Å²) in [5, 5.41) is 5.48. The minimum atomic E-state index is -0.272. The molecule has 1 aliphatic rings. The predicted octanol–water partition coefficient (Wildman–Crippen LogP) is 3.80. The number of anilines is 1. The molecular formula is C20H22N2O3. The number of furan rings is 1. The highest BCUT2D eigenvalue weighted by Gasteiger charge is 2.36. The number of rotatable bonds is 6. The van der Waals surface area contributed by atoms with Crippen molar-refractivity contribution < 1.29 is 14.0 Å². The molecule has 1 fully saturated rings. The third-order valence-electron chi connectivity index (χ3n) is 4.25. The number of hydrogen-bond donors (Lipinski definition) is 2. The van der Waals surface area contributed by atoms with Crippen LogP contribution in [0.4, 0.5) is 5.69 Å². The lowest BCUT2D eigenvalue weighted by molar-refractivity contribution is -0.111. The van der Waals surface area contributed by atoms with E-state index in [1.54, 1.807) is 30.3 Å². The summed E-state index contributed by atoms with van der Waals surface area (Å²) in [6.45, 7) is 4.62. The normalized spacial score (nSPS) is 19.0. The van der Waals surface area contributed by atoms with E-state index in [-0.39, 0.29) is 11.8 Å². The van der Waals surface area contributed by atoms with Crippen LogP contribution in [-0.4, -0.2) is 18.4 Å². The average molecular weight is 338 g/mol. The Morgan fingerprint density at radius 1 is 1.28 bits per heavy atom. The second-order valence-electron chi connectivity index (χ2n) is 6.32. The number of carbonyl (C=O) groups excluding carboxylic acids is 2. The van der Waals surface area contributed by atoms with Gasteiger partial charge in [-0.2, -0.15) is 0 Å². The minimum absolute atomic E-state index is 0.161. The zero-order valence-electron chi connectivity index (χ0n) is 14.4. The Morgan fingerprint density at radius 3 is 2.80 bits per heavy atom. The minimum Gasteiger partial charge on any atom is -0.461 e. The second-order valence-corrected chi connectivity index (χ2v) is 6.32. The van der Waals surface area contributed by atoms with Crippen LogP contribution in [0.2, 0.25) is 0 Å². The Kier molecular flexibility index (Phi) is 5.03. The first-order valence-corrected chi connectivity index (χ1v) is 8.54. The van der Waals surface area contributed by atoms with Crippen LogP contribution >= 0.6 is 0 Å². The van der Waals surface area contributed by atoms with Crippen LogP contribution in [-0.2, 0) is 4.79 Å². The molecule has 0 spiro atoms. The van der Waals surface area contributed by atoms with Gasteiger partial charge in [-0.15, -0.1) is 0 Å². The van der Waals surface area contributed by atoms with Crippen molar-refractivity contribution in [2.24, 2.45) is 5.92 Å². The van der Waals surface area contributed by atoms with Gasteiger partial charge in [0.2, 0.25) is 5.91 Å². The summed E-state index contributed by atoms with van der Waals surface area (Å²) in [5.74, 6) is 2.43. The molecule has 2 unspecified atom stereocenters. The average Bonchev–Trinajstić information content (AvgIpc) is 3.14. The van der Waals surface area contributed by atoms with Crippen molar-refractivity contribution in [3.63, 3.8) is 0 Å². The van der Waals surface area contributed by atoms with Gasteiger partial charge >= 0.3 is 0 Å². The van der Waals surface area contributed by atoms with Gasteiger partial charge in [0.05, 0.1) is 0 Å². The standard InChI is InChI=1S/C20H22N2O3/c1-3-21-20(24)14-5-4-6-15(12-14)22-19(23)10-8-16-7-9-18(25-16)17-11-13(17)2/h4-10,12-13,17H,3,11H2,1-2H3,(H,21,24)(H,22,23)/b10-8+. The molecule has 0 saturated heterocycles. The molecule has 2 aromatic rings. The van der Waals surface area contributed by atoms with Crippen LogP contribution in [0.25, 0.3) is 6.08 Å². The van der Waals surface area contributed by atoms with E-state index in [9.17, 15) is 9.59 Å². The molecule has 3 rings (SSSR count). The highest BCUT2D eigenvalue weighted by molar-refractivity contribution is 6.03. The Hall–Kier alpha value is -2.82. The van der Waals surface area contributed by atoms with Crippen molar-refractivity contribution in [1.29, 1.82) is 0 Å². The van der Waals surface area contributed by atoms with E-state index < -0.39 is 0 Å². The van der Waals surface area contributed by atoms with Crippen molar-refractivity contribution in [3.8, 4) is 0 Å². The van der Waals surface area contributed by atoms with E-state index >= 15 is 0 Å². The van der Waals surface area contributed by atoms with E-state index in [0.29, 0.717) is 35.4 Å². The monoisotopic (exact) mass is 338 g/mol. The van der Waals surface area contributed by atoms with Gasteiger partial charge in [-0.05, 0) is 55.7 Å². The predicted molar refractivity (Wildman–Crippen MR) is 97.3 cm³/mol. The molecule has 0 radical (unpaired) electrons. The zero-order chi connectivity index (χ0) is 17.8. The SMILES string of the molecule is CCNC(=O)c1cccc(NC(=O)/C=C/c2ccc(C3CC3C)o2)c1. The maximum atomic E-state index is 12.1. The second kappa shape index (κ2) is 7.38. The van der Waals surface area contributed by atoms with E-state index in [2.05, 4.69) is 17.6 Å². The molecule has 5 heteroatoms. The molecule has 2 N–H and O–H groups in total. The van der Waals surface area contributed by atoms with Gasteiger partial charge in [0, 0.05) is 29.8 Å². The molecule has 25 heavy (non-hydrogen) atoms. The van der Waals surface area contributed by atoms with Gasteiger partial charge in [0.1, 0.15) is 11.5 Å². The van der Waals surface area contributed by atoms with Gasteiger partial charge in [-0.3, -0.25) is 9.59 Å². The van der Waals surface area contributed by atoms with Crippen LogP contribution in [0.3, 0.4) is 0 Å². The van der Waals surface area contributed by atoms with Gasteiger partial charge in [-0.25, -0.2) is 0 Å². The van der Waals surface area contributed by atoms with Gasteiger partial charge in [-0.1, -0.05) is 13.0 Å². The lowest BCUT2D eigenvalue weighted by Crippen LogP contribution is -2.22. The van der Waals surface area contributed by atoms with Crippen LogP contribution in [0.15, 0.2) is 46.9 Å². The third kappa shape index (κ3) is 4.38. The molecule has 5 nitrogen and oxygen atoms in total. The number of benzene rings is 1. The van der Waals surface area contributed by atoms with E-state index in [0.717, 1.165) is 5.76 Å². The molecule has 2 atom stereocenters. The molecule has 1 saturated carbocycles. The highest BCUT2D eigenvalue weighted by atomic mass is 16.3. The molecule has 1 aromatic heterocycles. The van der Waals surface area contributed by atoms with Gasteiger partial charge in [0.15, 0.2) is 0 Å². The van der Waals surface area contributed by atoms with Crippen molar-refractivity contribution in [2.45, 2.75) is 26.2 Å². The summed E-state index contributed by atoms with van der Waals surface area (Å²) < 4.78 is 5.74. The van der Waals surface area contributed by atoms with Crippen molar-refractivity contribution >= 4 is 23.6 Å². The molecule has 1 heterocycles. The summed E-state index contributed by atoms with van der Waals surface area (Å²) in [4.78, 5) is 23.9. The summed E-state index contributed by atoms with van der Waals surface area (Å²) in [7, 11) is 0. The van der Waals surface area contributed by atoms with E-state index in [1.165, 1.54) is 12.5 Å². The molecule has 0 bridgehead atoms. The largest absolute Gasteiger partial charge is 0.461 e. The summed E-state index contributed by atoms with van der Waals surface area (Å²) in [6.07, 6.45) is 4.25. The fourth-order valence-corrected chi connectivity index (χ4v) is 2.72. The fraction of sp³-hybridized carbons (Fsp3) is 0.300. The molecule has 2 amide bonds. The molecule has 0 aliphatic heterocycles. The summed E-state index contributed by atoms with van der Waals surface area (Å²) >= 11 is 0. The molecular weight excluding hydrogens is 316 g/mol. The first kappa shape index (κ1) is 17.0. The molecule has 130 valence electrons. The highest BCUT2D eigenvalue weighted by Crippen LogP contribution is 2.47. The van der Waals surface area contributed by atoms with Crippen molar-refractivity contribution in [3.05, 3.63) is 59.6 Å². The zero-order valence-corrected chi connectivity index (χ0v) is 14.4. The summed E-state index contributed by atoms with van der Waals surface area (Å²) in [5.41, 5.74) is 1.09. The van der Waals surface area contributed by atoms with E-state index in [1.807, 2.05) is 19.1 Å². The van der Waals surface area contributed by atoms with Crippen LogP contribution < -0.4 is 10.6 Å². The van der Waals surface area contributed by atoms with Crippen LogP contribution in [0.1, 0.15) is 48.1 Å². The lowest BCUT2D eigenvalue weighted by atomic mass is 10.2. The third-order valence-corrected chi connectivity index (χ3v) is 4.25. The quantitative estimate of drug-likeness (QED) is 0.787. The fourth-order valence-electron chi connectivity index (χ4n) is 2.72. The van der Waals surface area contributed by atoms with Crippen molar-refractivity contribution in [1.82, 2.24) is 5.32 Å². The Balaban J connectivity index is 1.59. The van der Waals surface area contributed by atoms with Gasteiger partial charge in [0.25, 0.3) is 5.91 Å². The van der Waals surface area contributed by atoms with Gasteiger partial charge < -0.3 is 15.1 Å². The number of amides is 2. The first-order chi connectivity index (χ1) is 12.1. The number of carbonyl (C=O) groups is 2. The molecule has 1 aliphatic carbocycles. The van der Waals surface area contributed by atoms with Crippen LogP contribution in [0.5, 0.6) is 0 Å².